The summed E-state index contributed by atoms with van der Waals surface area (Å²) in [6, 6.07) is 9.90. The molecule has 5 heteroatoms. The van der Waals surface area contributed by atoms with Gasteiger partial charge in [0.05, 0.1) is 12.1 Å². The van der Waals surface area contributed by atoms with Crippen LogP contribution in [0.25, 0.3) is 10.9 Å². The highest BCUT2D eigenvalue weighted by molar-refractivity contribution is 5.98. The van der Waals surface area contributed by atoms with Gasteiger partial charge in [0.15, 0.2) is 0 Å². The molecule has 2 heterocycles. The fourth-order valence-corrected chi connectivity index (χ4v) is 3.34. The summed E-state index contributed by atoms with van der Waals surface area (Å²) in [5, 5.41) is 10.4. The molecule has 5 nitrogen and oxygen atoms in total. The average molecular weight is 327 g/mol. The molecule has 0 saturated carbocycles. The van der Waals surface area contributed by atoms with E-state index in [9.17, 15) is 9.90 Å². The summed E-state index contributed by atoms with van der Waals surface area (Å²) in [6.07, 6.45) is 0.932. The Kier molecular flexibility index (Phi) is 5.11. The molecule has 0 bridgehead atoms. The van der Waals surface area contributed by atoms with Crippen molar-refractivity contribution >= 4 is 16.8 Å². The molecule has 1 atom stereocenters. The van der Waals surface area contributed by atoms with Gasteiger partial charge in [-0.1, -0.05) is 13.0 Å². The molecule has 1 aromatic heterocycles. The molecular formula is C19H25N3O2. The van der Waals surface area contributed by atoms with Gasteiger partial charge < -0.3 is 10.0 Å². The van der Waals surface area contributed by atoms with Gasteiger partial charge in [-0.05, 0) is 37.6 Å². The second kappa shape index (κ2) is 7.28. The van der Waals surface area contributed by atoms with Crippen LogP contribution < -0.4 is 0 Å². The van der Waals surface area contributed by atoms with Crippen molar-refractivity contribution in [3.8, 4) is 0 Å². The quantitative estimate of drug-likeness (QED) is 0.934. The summed E-state index contributed by atoms with van der Waals surface area (Å²) in [5.41, 5.74) is 2.62. The number of benzene rings is 1. The van der Waals surface area contributed by atoms with E-state index in [0.717, 1.165) is 41.7 Å². The predicted molar refractivity (Wildman–Crippen MR) is 95.1 cm³/mol. The minimum atomic E-state index is 0.0779. The van der Waals surface area contributed by atoms with Crippen LogP contribution in [0.15, 0.2) is 30.3 Å². The van der Waals surface area contributed by atoms with E-state index < -0.39 is 0 Å². The van der Waals surface area contributed by atoms with Crippen molar-refractivity contribution in [1.29, 1.82) is 0 Å². The third kappa shape index (κ3) is 3.42. The van der Waals surface area contributed by atoms with E-state index in [1.165, 1.54) is 0 Å². The van der Waals surface area contributed by atoms with E-state index in [1.807, 2.05) is 42.2 Å². The normalized spacial score (nSPS) is 17.2. The van der Waals surface area contributed by atoms with Gasteiger partial charge >= 0.3 is 0 Å². The van der Waals surface area contributed by atoms with Gasteiger partial charge in [0.2, 0.25) is 0 Å². The molecule has 0 radical (unpaired) electrons. The van der Waals surface area contributed by atoms with Crippen molar-refractivity contribution in [3.63, 3.8) is 0 Å². The maximum absolute atomic E-state index is 12.8. The molecule has 1 fully saturated rings. The molecule has 1 amide bonds. The fraction of sp³-hybridized carbons (Fsp3) is 0.474. The summed E-state index contributed by atoms with van der Waals surface area (Å²) in [4.78, 5) is 21.4. The Morgan fingerprint density at radius 1 is 1.21 bits per heavy atom. The Bertz CT molecular complexity index is 720. The van der Waals surface area contributed by atoms with Gasteiger partial charge in [-0.15, -0.1) is 0 Å². The zero-order chi connectivity index (χ0) is 17.1. The molecule has 1 N–H and O–H groups in total. The summed E-state index contributed by atoms with van der Waals surface area (Å²) < 4.78 is 0. The largest absolute Gasteiger partial charge is 0.395 e. The molecule has 1 saturated heterocycles. The molecule has 0 spiro atoms. The first-order valence-electron chi connectivity index (χ1n) is 8.64. The highest BCUT2D eigenvalue weighted by Crippen LogP contribution is 2.17. The maximum Gasteiger partial charge on any atom is 0.253 e. The number of amides is 1. The molecule has 24 heavy (non-hydrogen) atoms. The fourth-order valence-electron chi connectivity index (χ4n) is 3.34. The molecule has 2 aromatic rings. The van der Waals surface area contributed by atoms with Crippen LogP contribution in [0.2, 0.25) is 0 Å². The van der Waals surface area contributed by atoms with Gasteiger partial charge in [-0.3, -0.25) is 14.7 Å². The Labute approximate surface area is 142 Å². The molecular weight excluding hydrogens is 302 g/mol. The number of aryl methyl sites for hydroxylation is 1. The van der Waals surface area contributed by atoms with Crippen LogP contribution in [0.1, 0.15) is 29.4 Å². The van der Waals surface area contributed by atoms with Gasteiger partial charge in [0, 0.05) is 48.9 Å². The zero-order valence-electron chi connectivity index (χ0n) is 14.4. The third-order valence-corrected chi connectivity index (χ3v) is 4.88. The molecule has 1 unspecified atom stereocenters. The first-order chi connectivity index (χ1) is 11.6. The molecule has 0 aliphatic carbocycles. The number of hydrogen-bond acceptors (Lipinski definition) is 4. The first kappa shape index (κ1) is 16.9. The highest BCUT2D eigenvalue weighted by atomic mass is 16.3. The number of fused-ring (bicyclic) bond motifs is 1. The van der Waals surface area contributed by atoms with Crippen LogP contribution in [0.4, 0.5) is 0 Å². The second-order valence-electron chi connectivity index (χ2n) is 6.43. The van der Waals surface area contributed by atoms with E-state index in [0.29, 0.717) is 13.1 Å². The number of carbonyl (C=O) groups excluding carboxylic acids is 1. The maximum atomic E-state index is 12.8. The summed E-state index contributed by atoms with van der Waals surface area (Å²) in [6.45, 7) is 7.29. The zero-order valence-corrected chi connectivity index (χ0v) is 14.4. The summed E-state index contributed by atoms with van der Waals surface area (Å²) in [7, 11) is 0. The highest BCUT2D eigenvalue weighted by Gasteiger charge is 2.25. The number of piperazine rings is 1. The Hall–Kier alpha value is -1.98. The lowest BCUT2D eigenvalue weighted by atomic mass is 10.1. The molecule has 1 aromatic carbocycles. The van der Waals surface area contributed by atoms with Gasteiger partial charge in [-0.25, -0.2) is 0 Å². The van der Waals surface area contributed by atoms with Crippen LogP contribution in [0, 0.1) is 6.92 Å². The Morgan fingerprint density at radius 3 is 2.62 bits per heavy atom. The van der Waals surface area contributed by atoms with E-state index in [1.54, 1.807) is 0 Å². The van der Waals surface area contributed by atoms with Crippen LogP contribution >= 0.6 is 0 Å². The van der Waals surface area contributed by atoms with E-state index in [-0.39, 0.29) is 18.6 Å². The number of hydrogen-bond donors (Lipinski definition) is 1. The van der Waals surface area contributed by atoms with Crippen LogP contribution in [0.3, 0.4) is 0 Å². The minimum Gasteiger partial charge on any atom is -0.395 e. The molecule has 1 aliphatic rings. The van der Waals surface area contributed by atoms with E-state index in [4.69, 9.17) is 0 Å². The standard InChI is InChI=1S/C19H25N3O2/c1-3-17(13-23)21-8-10-22(11-9-21)19(24)16-6-7-18-15(12-16)5-4-14(2)20-18/h4-7,12,17,23H,3,8-11,13H2,1-2H3. The smallest absolute Gasteiger partial charge is 0.253 e. The molecule has 3 rings (SSSR count). The first-order valence-corrected chi connectivity index (χ1v) is 8.64. The number of aliphatic hydroxyl groups is 1. The number of nitrogens with zero attached hydrogens (tertiary/aromatic N) is 3. The SMILES string of the molecule is CCC(CO)N1CCN(C(=O)c2ccc3nc(C)ccc3c2)CC1. The average Bonchev–Trinajstić information content (AvgIpc) is 2.62. The number of carbonyl (C=O) groups is 1. The summed E-state index contributed by atoms with van der Waals surface area (Å²) in [5.74, 6) is 0.0779. The Morgan fingerprint density at radius 2 is 1.96 bits per heavy atom. The molecule has 128 valence electrons. The number of pyridine rings is 1. The second-order valence-corrected chi connectivity index (χ2v) is 6.43. The predicted octanol–water partition coefficient (Wildman–Crippen LogP) is 2.07. The molecule has 1 aliphatic heterocycles. The number of aliphatic hydroxyl groups excluding tert-OH is 1. The van der Waals surface area contributed by atoms with E-state index in [2.05, 4.69) is 16.8 Å². The minimum absolute atomic E-state index is 0.0779. The number of aromatic nitrogens is 1. The van der Waals surface area contributed by atoms with Crippen molar-refractivity contribution in [1.82, 2.24) is 14.8 Å². The van der Waals surface area contributed by atoms with Crippen LogP contribution in [-0.4, -0.2) is 64.6 Å². The lowest BCUT2D eigenvalue weighted by Gasteiger charge is -2.38. The van der Waals surface area contributed by atoms with Crippen LogP contribution in [0.5, 0.6) is 0 Å². The number of rotatable bonds is 4. The lowest BCUT2D eigenvalue weighted by molar-refractivity contribution is 0.0472. The van der Waals surface area contributed by atoms with Crippen LogP contribution in [-0.2, 0) is 0 Å². The topological polar surface area (TPSA) is 56.7 Å². The summed E-state index contributed by atoms with van der Waals surface area (Å²) >= 11 is 0. The van der Waals surface area contributed by atoms with Crippen molar-refractivity contribution in [2.45, 2.75) is 26.3 Å². The Balaban J connectivity index is 1.70. The van der Waals surface area contributed by atoms with Gasteiger partial charge in [0.1, 0.15) is 0 Å². The van der Waals surface area contributed by atoms with E-state index >= 15 is 0 Å². The van der Waals surface area contributed by atoms with Gasteiger partial charge in [-0.2, -0.15) is 0 Å². The monoisotopic (exact) mass is 327 g/mol. The van der Waals surface area contributed by atoms with Crippen molar-refractivity contribution in [2.24, 2.45) is 0 Å². The third-order valence-electron chi connectivity index (χ3n) is 4.88. The lowest BCUT2D eigenvalue weighted by Crippen LogP contribution is -2.52. The van der Waals surface area contributed by atoms with Gasteiger partial charge in [0.25, 0.3) is 5.91 Å². The van der Waals surface area contributed by atoms with Crippen molar-refractivity contribution < 1.29 is 9.90 Å². The van der Waals surface area contributed by atoms with Crippen molar-refractivity contribution in [2.75, 3.05) is 32.8 Å². The van der Waals surface area contributed by atoms with Crippen molar-refractivity contribution in [3.05, 3.63) is 41.6 Å².